The Bertz CT molecular complexity index is 1000. The molecule has 2 heterocycles. The van der Waals surface area contributed by atoms with Gasteiger partial charge >= 0.3 is 0 Å². The summed E-state index contributed by atoms with van der Waals surface area (Å²) in [6, 6.07) is 12.0. The predicted molar refractivity (Wildman–Crippen MR) is 110 cm³/mol. The van der Waals surface area contributed by atoms with Crippen molar-refractivity contribution in [2.45, 2.75) is 19.5 Å². The van der Waals surface area contributed by atoms with Crippen LogP contribution in [0.15, 0.2) is 48.7 Å². The third-order valence-corrected chi connectivity index (χ3v) is 5.05. The van der Waals surface area contributed by atoms with E-state index in [9.17, 15) is 8.78 Å². The predicted octanol–water partition coefficient (Wildman–Crippen LogP) is 4.12. The van der Waals surface area contributed by atoms with Crippen LogP contribution in [0.4, 0.5) is 26.1 Å². The van der Waals surface area contributed by atoms with Gasteiger partial charge in [0.25, 0.3) is 0 Å². The van der Waals surface area contributed by atoms with Crippen LogP contribution < -0.4 is 10.2 Å². The molecule has 0 fully saturated rings. The molecule has 0 amide bonds. The van der Waals surface area contributed by atoms with Gasteiger partial charge in [-0.3, -0.25) is 4.90 Å². The Morgan fingerprint density at radius 3 is 2.62 bits per heavy atom. The summed E-state index contributed by atoms with van der Waals surface area (Å²) < 4.78 is 26.9. The van der Waals surface area contributed by atoms with Gasteiger partial charge in [-0.25, -0.2) is 18.7 Å². The van der Waals surface area contributed by atoms with Crippen LogP contribution in [0.3, 0.4) is 0 Å². The fourth-order valence-electron chi connectivity index (χ4n) is 3.44. The van der Waals surface area contributed by atoms with Crippen molar-refractivity contribution in [1.29, 1.82) is 0 Å². The van der Waals surface area contributed by atoms with Crippen LogP contribution in [-0.2, 0) is 19.5 Å². The maximum atomic E-state index is 13.8. The Morgan fingerprint density at radius 2 is 1.90 bits per heavy atom. The third kappa shape index (κ3) is 4.51. The van der Waals surface area contributed by atoms with E-state index in [1.807, 2.05) is 14.1 Å². The number of anilines is 3. The molecule has 1 aromatic heterocycles. The van der Waals surface area contributed by atoms with Crippen molar-refractivity contribution in [2.75, 3.05) is 30.9 Å². The maximum Gasteiger partial charge on any atom is 0.227 e. The number of nitrogens with zero attached hydrogens (tertiary/aromatic N) is 4. The Labute approximate surface area is 169 Å². The summed E-state index contributed by atoms with van der Waals surface area (Å²) in [6.45, 7) is 2.54. The van der Waals surface area contributed by atoms with Crippen LogP contribution in [0, 0.1) is 11.6 Å². The molecule has 1 N–H and O–H groups in total. The maximum absolute atomic E-state index is 13.8. The first-order valence-electron chi connectivity index (χ1n) is 9.53. The molecule has 0 bridgehead atoms. The monoisotopic (exact) mass is 395 g/mol. The van der Waals surface area contributed by atoms with Gasteiger partial charge in [0.05, 0.1) is 11.4 Å². The van der Waals surface area contributed by atoms with E-state index >= 15 is 0 Å². The first-order chi connectivity index (χ1) is 14.0. The Kier molecular flexibility index (Phi) is 5.40. The molecule has 0 spiro atoms. The molecule has 1 aliphatic rings. The van der Waals surface area contributed by atoms with Gasteiger partial charge in [0.15, 0.2) is 0 Å². The minimum atomic E-state index is -0.669. The van der Waals surface area contributed by atoms with E-state index in [4.69, 9.17) is 0 Å². The summed E-state index contributed by atoms with van der Waals surface area (Å²) in [7, 11) is 4.06. The lowest BCUT2D eigenvalue weighted by molar-refractivity contribution is 0.243. The molecule has 1 aliphatic heterocycles. The van der Waals surface area contributed by atoms with Crippen LogP contribution in [0.25, 0.3) is 0 Å². The van der Waals surface area contributed by atoms with Gasteiger partial charge in [0.1, 0.15) is 11.6 Å². The molecule has 0 aliphatic carbocycles. The number of halogens is 2. The van der Waals surface area contributed by atoms with Crippen LogP contribution in [0.2, 0.25) is 0 Å². The Morgan fingerprint density at radius 1 is 1.10 bits per heavy atom. The average molecular weight is 395 g/mol. The standard InChI is InChI=1S/C22H23F2N5/c1-28(2)18-6-3-15(4-7-18)13-29-10-9-20-16(14-29)12-25-22(26-20)27-21-8-5-17(23)11-19(21)24/h3-8,11-12H,9-10,13-14H2,1-2H3,(H,25,26,27). The number of nitrogens with one attached hydrogen (secondary N) is 1. The molecule has 3 aromatic rings. The van der Waals surface area contributed by atoms with Gasteiger partial charge < -0.3 is 10.2 Å². The summed E-state index contributed by atoms with van der Waals surface area (Å²) in [5.41, 5.74) is 4.65. The van der Waals surface area contributed by atoms with Crippen molar-refractivity contribution in [1.82, 2.24) is 14.9 Å². The highest BCUT2D eigenvalue weighted by molar-refractivity contribution is 5.54. The third-order valence-electron chi connectivity index (χ3n) is 5.05. The minimum absolute atomic E-state index is 0.157. The molecule has 4 rings (SSSR count). The largest absolute Gasteiger partial charge is 0.378 e. The molecular weight excluding hydrogens is 372 g/mol. The van der Waals surface area contributed by atoms with Gasteiger partial charge in [0, 0.05) is 63.7 Å². The molecule has 0 unspecified atom stereocenters. The van der Waals surface area contributed by atoms with Crippen molar-refractivity contribution in [3.63, 3.8) is 0 Å². The lowest BCUT2D eigenvalue weighted by Gasteiger charge is -2.28. The summed E-state index contributed by atoms with van der Waals surface area (Å²) in [5.74, 6) is -0.962. The van der Waals surface area contributed by atoms with Gasteiger partial charge in [-0.05, 0) is 29.8 Å². The quantitative estimate of drug-likeness (QED) is 0.704. The van der Waals surface area contributed by atoms with Crippen molar-refractivity contribution < 1.29 is 8.78 Å². The summed E-state index contributed by atoms with van der Waals surface area (Å²) in [5, 5.41) is 2.83. The zero-order valence-corrected chi connectivity index (χ0v) is 16.5. The fourth-order valence-corrected chi connectivity index (χ4v) is 3.44. The lowest BCUT2D eigenvalue weighted by atomic mass is 10.1. The second kappa shape index (κ2) is 8.13. The highest BCUT2D eigenvalue weighted by atomic mass is 19.1. The summed E-state index contributed by atoms with van der Waals surface area (Å²) >= 11 is 0. The first-order valence-corrected chi connectivity index (χ1v) is 9.53. The van der Waals surface area contributed by atoms with Gasteiger partial charge in [-0.2, -0.15) is 0 Å². The van der Waals surface area contributed by atoms with Crippen molar-refractivity contribution in [3.05, 3.63) is 77.1 Å². The van der Waals surface area contributed by atoms with Gasteiger partial charge in [-0.15, -0.1) is 0 Å². The second-order valence-corrected chi connectivity index (χ2v) is 7.44. The molecule has 150 valence electrons. The average Bonchev–Trinajstić information content (AvgIpc) is 2.70. The second-order valence-electron chi connectivity index (χ2n) is 7.44. The molecule has 5 nitrogen and oxygen atoms in total. The Hall–Kier alpha value is -3.06. The van der Waals surface area contributed by atoms with Gasteiger partial charge in [0.2, 0.25) is 5.95 Å². The van der Waals surface area contributed by atoms with Crippen LogP contribution in [-0.4, -0.2) is 35.5 Å². The van der Waals surface area contributed by atoms with Crippen molar-refractivity contribution in [3.8, 4) is 0 Å². The van der Waals surface area contributed by atoms with E-state index in [2.05, 4.69) is 49.4 Å². The molecule has 29 heavy (non-hydrogen) atoms. The molecule has 0 radical (unpaired) electrons. The smallest absolute Gasteiger partial charge is 0.227 e. The van der Waals surface area contributed by atoms with Crippen LogP contribution >= 0.6 is 0 Å². The number of benzene rings is 2. The van der Waals surface area contributed by atoms with E-state index in [0.717, 1.165) is 43.4 Å². The minimum Gasteiger partial charge on any atom is -0.378 e. The molecule has 0 saturated carbocycles. The fraction of sp³-hybridized carbons (Fsp3) is 0.273. The van der Waals surface area contributed by atoms with E-state index < -0.39 is 11.6 Å². The molecule has 2 aromatic carbocycles. The van der Waals surface area contributed by atoms with Crippen LogP contribution in [0.1, 0.15) is 16.8 Å². The van der Waals surface area contributed by atoms with E-state index in [-0.39, 0.29) is 5.69 Å². The van der Waals surface area contributed by atoms with E-state index in [1.165, 1.54) is 23.4 Å². The van der Waals surface area contributed by atoms with Crippen LogP contribution in [0.5, 0.6) is 0 Å². The Balaban J connectivity index is 1.42. The summed E-state index contributed by atoms with van der Waals surface area (Å²) in [6.07, 6.45) is 2.58. The highest BCUT2D eigenvalue weighted by Gasteiger charge is 2.19. The molecule has 0 atom stereocenters. The molecule has 0 saturated heterocycles. The normalized spacial score (nSPS) is 13.8. The number of hydrogen-bond acceptors (Lipinski definition) is 5. The van der Waals surface area contributed by atoms with E-state index in [1.54, 1.807) is 6.20 Å². The highest BCUT2D eigenvalue weighted by Crippen LogP contribution is 2.23. The number of fused-ring (bicyclic) bond motifs is 1. The number of rotatable bonds is 5. The SMILES string of the molecule is CN(C)c1ccc(CN2CCc3nc(Nc4ccc(F)cc4F)ncc3C2)cc1. The first kappa shape index (κ1) is 19.3. The zero-order chi connectivity index (χ0) is 20.4. The number of hydrogen-bond donors (Lipinski definition) is 1. The van der Waals surface area contributed by atoms with E-state index in [0.29, 0.717) is 5.95 Å². The lowest BCUT2D eigenvalue weighted by Crippen LogP contribution is -2.31. The topological polar surface area (TPSA) is 44.3 Å². The molecule has 7 heteroatoms. The van der Waals surface area contributed by atoms with Crippen molar-refractivity contribution >= 4 is 17.3 Å². The molecular formula is C22H23F2N5. The van der Waals surface area contributed by atoms with Crippen molar-refractivity contribution in [2.24, 2.45) is 0 Å². The number of aromatic nitrogens is 2. The summed E-state index contributed by atoms with van der Waals surface area (Å²) in [4.78, 5) is 13.3. The zero-order valence-electron chi connectivity index (χ0n) is 16.5. The van der Waals surface area contributed by atoms with Gasteiger partial charge in [-0.1, -0.05) is 12.1 Å².